The summed E-state index contributed by atoms with van der Waals surface area (Å²) in [5, 5.41) is 0. The molecule has 6 heteroatoms. The van der Waals surface area contributed by atoms with Crippen molar-refractivity contribution in [3.63, 3.8) is 0 Å². The van der Waals surface area contributed by atoms with E-state index in [1.807, 2.05) is 6.92 Å². The highest BCUT2D eigenvalue weighted by Gasteiger charge is 2.40. The molecule has 0 rings (SSSR count). The van der Waals surface area contributed by atoms with Crippen LogP contribution in [0.5, 0.6) is 0 Å². The Hall–Kier alpha value is 0.0169. The van der Waals surface area contributed by atoms with E-state index in [4.69, 9.17) is 24.7 Å². The summed E-state index contributed by atoms with van der Waals surface area (Å²) in [6.07, 6.45) is 0. The Morgan fingerprint density at radius 2 is 1.73 bits per heavy atom. The highest BCUT2D eigenvalue weighted by molar-refractivity contribution is 6.60. The van der Waals surface area contributed by atoms with E-state index in [1.54, 1.807) is 14.2 Å². The molecular formula is C9H24N2O3Si. The fraction of sp³-hybridized carbons (Fsp3) is 1.00. The van der Waals surface area contributed by atoms with Crippen molar-refractivity contribution in [2.75, 3.05) is 27.4 Å². The van der Waals surface area contributed by atoms with E-state index >= 15 is 0 Å². The normalized spacial score (nSPS) is 16.4. The Morgan fingerprint density at radius 3 is 2.07 bits per heavy atom. The lowest BCUT2D eigenvalue weighted by Crippen LogP contribution is -2.48. The molecule has 0 fully saturated rings. The summed E-state index contributed by atoms with van der Waals surface area (Å²) < 4.78 is 16.5. The Kier molecular flexibility index (Phi) is 7.32. The zero-order valence-corrected chi connectivity index (χ0v) is 11.2. The summed E-state index contributed by atoms with van der Waals surface area (Å²) in [6, 6.07) is 0.707. The first-order chi connectivity index (χ1) is 6.99. The van der Waals surface area contributed by atoms with Gasteiger partial charge in [0.05, 0.1) is 6.61 Å². The van der Waals surface area contributed by atoms with Crippen molar-refractivity contribution in [3.05, 3.63) is 0 Å². The first-order valence-corrected chi connectivity index (χ1v) is 7.12. The monoisotopic (exact) mass is 236 g/mol. The third-order valence-corrected chi connectivity index (χ3v) is 5.24. The molecule has 0 aromatic rings. The molecule has 2 atom stereocenters. The molecule has 0 aromatic carbocycles. The second kappa shape index (κ2) is 7.32. The topological polar surface area (TPSA) is 79.7 Å². The second-order valence-corrected chi connectivity index (χ2v) is 6.80. The van der Waals surface area contributed by atoms with Gasteiger partial charge in [-0.3, -0.25) is 0 Å². The van der Waals surface area contributed by atoms with Crippen LogP contribution >= 0.6 is 0 Å². The van der Waals surface area contributed by atoms with Gasteiger partial charge in [-0.05, 0) is 19.4 Å². The summed E-state index contributed by atoms with van der Waals surface area (Å²) in [5.74, 6) is 0.324. The smallest absolute Gasteiger partial charge is 0.377 e. The molecule has 0 radical (unpaired) electrons. The average molecular weight is 236 g/mol. The van der Waals surface area contributed by atoms with E-state index in [0.29, 0.717) is 19.1 Å². The number of hydrogen-bond donors (Lipinski definition) is 2. The van der Waals surface area contributed by atoms with E-state index in [-0.39, 0.29) is 6.04 Å². The Labute approximate surface area is 93.4 Å². The molecule has 0 aromatic heterocycles. The lowest BCUT2D eigenvalue weighted by Gasteiger charge is -2.29. The van der Waals surface area contributed by atoms with Crippen LogP contribution in [0.1, 0.15) is 13.8 Å². The van der Waals surface area contributed by atoms with E-state index in [1.165, 1.54) is 0 Å². The molecular weight excluding hydrogens is 212 g/mol. The molecule has 0 bridgehead atoms. The highest BCUT2D eigenvalue weighted by atomic mass is 28.4. The van der Waals surface area contributed by atoms with Crippen LogP contribution in [-0.4, -0.2) is 42.2 Å². The maximum Gasteiger partial charge on any atom is 0.500 e. The van der Waals surface area contributed by atoms with Crippen LogP contribution in [0.25, 0.3) is 0 Å². The quantitative estimate of drug-likeness (QED) is 0.588. The molecule has 0 heterocycles. The number of nitrogens with two attached hydrogens (primary N) is 2. The van der Waals surface area contributed by atoms with Gasteiger partial charge >= 0.3 is 8.80 Å². The molecule has 92 valence electrons. The predicted octanol–water partition coefficient (Wildman–Crippen LogP) is 0.177. The predicted molar refractivity (Wildman–Crippen MR) is 62.4 cm³/mol. The molecule has 5 nitrogen and oxygen atoms in total. The third kappa shape index (κ3) is 5.60. The van der Waals surface area contributed by atoms with Crippen molar-refractivity contribution >= 4 is 8.80 Å². The standard InChI is InChI=1S/C9H24N2O3Si/c1-8(5-10)7-15(12-3,13-4)14-6-9(2)11/h8-9H,5-7,10-11H2,1-4H3. The summed E-state index contributed by atoms with van der Waals surface area (Å²) >= 11 is 0. The van der Waals surface area contributed by atoms with Gasteiger partial charge in [-0.25, -0.2) is 0 Å². The largest absolute Gasteiger partial charge is 0.500 e. The van der Waals surface area contributed by atoms with Gasteiger partial charge in [0, 0.05) is 26.3 Å². The molecule has 0 saturated carbocycles. The van der Waals surface area contributed by atoms with Crippen molar-refractivity contribution in [3.8, 4) is 0 Å². The number of hydrogen-bond acceptors (Lipinski definition) is 5. The SMILES string of the molecule is CO[Si](CC(C)CN)(OC)OCC(C)N. The maximum absolute atomic E-state index is 5.68. The average Bonchev–Trinajstić information content (AvgIpc) is 2.24. The lowest BCUT2D eigenvalue weighted by molar-refractivity contribution is 0.0900. The molecule has 4 N–H and O–H groups in total. The van der Waals surface area contributed by atoms with E-state index in [9.17, 15) is 0 Å². The molecule has 0 aliphatic heterocycles. The van der Waals surface area contributed by atoms with Gasteiger partial charge in [-0.1, -0.05) is 6.92 Å². The van der Waals surface area contributed by atoms with E-state index < -0.39 is 8.80 Å². The fourth-order valence-electron chi connectivity index (χ4n) is 1.20. The zero-order chi connectivity index (χ0) is 11.9. The maximum atomic E-state index is 5.68. The van der Waals surface area contributed by atoms with Crippen LogP contribution in [0, 0.1) is 5.92 Å². The molecule has 2 unspecified atom stereocenters. The van der Waals surface area contributed by atoms with E-state index in [2.05, 4.69) is 6.92 Å². The Morgan fingerprint density at radius 1 is 1.20 bits per heavy atom. The molecule has 0 amide bonds. The van der Waals surface area contributed by atoms with Gasteiger partial charge in [0.1, 0.15) is 0 Å². The minimum atomic E-state index is -2.55. The Bertz CT molecular complexity index is 165. The van der Waals surface area contributed by atoms with Crippen LogP contribution in [0.2, 0.25) is 6.04 Å². The van der Waals surface area contributed by atoms with Crippen LogP contribution in [0.3, 0.4) is 0 Å². The molecule has 0 spiro atoms. The van der Waals surface area contributed by atoms with Crippen LogP contribution < -0.4 is 11.5 Å². The van der Waals surface area contributed by atoms with Crippen molar-refractivity contribution in [1.29, 1.82) is 0 Å². The van der Waals surface area contributed by atoms with Crippen LogP contribution in [-0.2, 0) is 13.3 Å². The summed E-state index contributed by atoms with van der Waals surface area (Å²) in [6.45, 7) is 4.99. The molecule has 0 aliphatic rings. The highest BCUT2D eigenvalue weighted by Crippen LogP contribution is 2.19. The van der Waals surface area contributed by atoms with Crippen molar-refractivity contribution < 1.29 is 13.3 Å². The molecule has 0 aliphatic carbocycles. The Balaban J connectivity index is 4.29. The first-order valence-electron chi connectivity index (χ1n) is 5.19. The van der Waals surface area contributed by atoms with Gasteiger partial charge in [0.2, 0.25) is 0 Å². The van der Waals surface area contributed by atoms with Crippen LogP contribution in [0.4, 0.5) is 0 Å². The van der Waals surface area contributed by atoms with Gasteiger partial charge in [0.15, 0.2) is 0 Å². The second-order valence-electron chi connectivity index (χ2n) is 3.92. The number of rotatable bonds is 8. The minimum Gasteiger partial charge on any atom is -0.377 e. The minimum absolute atomic E-state index is 0.0182. The van der Waals surface area contributed by atoms with Crippen LogP contribution in [0.15, 0.2) is 0 Å². The lowest BCUT2D eigenvalue weighted by atomic mass is 10.2. The molecule has 0 saturated heterocycles. The van der Waals surface area contributed by atoms with Crippen molar-refractivity contribution in [2.24, 2.45) is 17.4 Å². The van der Waals surface area contributed by atoms with Gasteiger partial charge in [-0.15, -0.1) is 0 Å². The third-order valence-electron chi connectivity index (χ3n) is 2.19. The zero-order valence-electron chi connectivity index (χ0n) is 10.2. The first kappa shape index (κ1) is 15.0. The van der Waals surface area contributed by atoms with Gasteiger partial charge in [-0.2, -0.15) is 0 Å². The van der Waals surface area contributed by atoms with Gasteiger partial charge in [0.25, 0.3) is 0 Å². The van der Waals surface area contributed by atoms with Crippen molar-refractivity contribution in [2.45, 2.75) is 25.9 Å². The van der Waals surface area contributed by atoms with Gasteiger partial charge < -0.3 is 24.7 Å². The van der Waals surface area contributed by atoms with E-state index in [0.717, 1.165) is 6.04 Å². The fourth-order valence-corrected chi connectivity index (χ4v) is 3.59. The summed E-state index contributed by atoms with van der Waals surface area (Å²) in [5.41, 5.74) is 11.2. The summed E-state index contributed by atoms with van der Waals surface area (Å²) in [4.78, 5) is 0. The molecule has 15 heavy (non-hydrogen) atoms. The summed E-state index contributed by atoms with van der Waals surface area (Å²) in [7, 11) is 0.672. The van der Waals surface area contributed by atoms with Crippen molar-refractivity contribution in [1.82, 2.24) is 0 Å².